The molecule has 3 nitrogen and oxygen atoms in total. The maximum absolute atomic E-state index is 12.9. The van der Waals surface area contributed by atoms with Crippen LogP contribution in [-0.2, 0) is 0 Å². The SMILES string of the molecule is C=CP(C=C)c1ccc(-c2nccnc2Nc2ccc(S(F)(F)(F)(F)F)cc2)cc1.CC. The molecular formula is C22H23F5N3PS. The molecule has 32 heavy (non-hydrogen) atoms. The van der Waals surface area contributed by atoms with Crippen molar-refractivity contribution in [3.05, 3.63) is 85.7 Å². The van der Waals surface area contributed by atoms with E-state index >= 15 is 0 Å². The number of hydrogen-bond acceptors (Lipinski definition) is 3. The van der Waals surface area contributed by atoms with Gasteiger partial charge in [0.05, 0.1) is 0 Å². The molecular weight excluding hydrogens is 464 g/mol. The van der Waals surface area contributed by atoms with Gasteiger partial charge < -0.3 is 5.32 Å². The molecule has 0 saturated carbocycles. The molecule has 0 aliphatic rings. The molecule has 172 valence electrons. The largest absolute Gasteiger partial charge is 0.338 e. The van der Waals surface area contributed by atoms with E-state index in [4.69, 9.17) is 0 Å². The standard InChI is InChI=1S/C20H17F5N3PS.C2H6/c1-3-29(4-2)17-9-5-15(6-10-17)19-20(27-14-13-26-19)28-16-7-11-18(12-8-16)30(21,22,23,24)25;1-2/h3-14H,1-2H2,(H,27,28);1-2H3. The molecule has 0 unspecified atom stereocenters. The number of hydrogen-bond donors (Lipinski definition) is 1. The Kier molecular flexibility index (Phi) is 7.17. The summed E-state index contributed by atoms with van der Waals surface area (Å²) < 4.78 is 64.4. The minimum atomic E-state index is -9.71. The zero-order valence-electron chi connectivity index (χ0n) is 17.5. The third kappa shape index (κ3) is 6.37. The van der Waals surface area contributed by atoms with Gasteiger partial charge >= 0.3 is 10.2 Å². The molecule has 0 bridgehead atoms. The van der Waals surface area contributed by atoms with E-state index in [0.717, 1.165) is 23.0 Å². The summed E-state index contributed by atoms with van der Waals surface area (Å²) in [5, 5.41) is 3.88. The number of benzene rings is 2. The van der Waals surface area contributed by atoms with Crippen LogP contribution in [0, 0.1) is 0 Å². The lowest BCUT2D eigenvalue weighted by molar-refractivity contribution is 0.364. The average molecular weight is 487 g/mol. The lowest BCUT2D eigenvalue weighted by atomic mass is 10.1. The number of nitrogens with zero attached hydrogens (tertiary/aromatic N) is 2. The molecule has 2 aromatic carbocycles. The van der Waals surface area contributed by atoms with E-state index in [1.54, 1.807) is 0 Å². The Morgan fingerprint density at radius 1 is 0.812 bits per heavy atom. The Morgan fingerprint density at radius 3 is 1.84 bits per heavy atom. The second-order valence-electron chi connectivity index (χ2n) is 6.19. The highest BCUT2D eigenvalue weighted by atomic mass is 32.5. The highest BCUT2D eigenvalue weighted by Crippen LogP contribution is 3.02. The van der Waals surface area contributed by atoms with Gasteiger partial charge in [0, 0.05) is 23.6 Å². The number of halogens is 5. The van der Waals surface area contributed by atoms with Crippen LogP contribution < -0.4 is 10.6 Å². The second-order valence-corrected chi connectivity index (χ2v) is 10.7. The van der Waals surface area contributed by atoms with Gasteiger partial charge in [0.25, 0.3) is 0 Å². The lowest BCUT2D eigenvalue weighted by Gasteiger charge is -2.40. The Bertz CT molecular complexity index is 1080. The van der Waals surface area contributed by atoms with E-state index < -0.39 is 23.0 Å². The molecule has 0 aliphatic heterocycles. The van der Waals surface area contributed by atoms with Crippen molar-refractivity contribution in [2.45, 2.75) is 18.7 Å². The van der Waals surface area contributed by atoms with Gasteiger partial charge in [-0.1, -0.05) is 82.3 Å². The summed E-state index contributed by atoms with van der Waals surface area (Å²) in [6, 6.07) is 10.0. The van der Waals surface area contributed by atoms with Crippen LogP contribution in [0.15, 0.2) is 90.6 Å². The minimum absolute atomic E-state index is 0.167. The maximum Gasteiger partial charge on any atom is 0.310 e. The molecule has 0 spiro atoms. The molecule has 10 heteroatoms. The first-order chi connectivity index (χ1) is 14.9. The van der Waals surface area contributed by atoms with Gasteiger partial charge in [-0.05, 0) is 37.5 Å². The summed E-state index contributed by atoms with van der Waals surface area (Å²) in [6.07, 6.45) is 2.89. The summed E-state index contributed by atoms with van der Waals surface area (Å²) in [4.78, 5) is 6.51. The Hall–Kier alpha value is -2.77. The molecule has 0 aliphatic carbocycles. The monoisotopic (exact) mass is 487 g/mol. The van der Waals surface area contributed by atoms with Gasteiger partial charge in [-0.15, -0.1) is 0 Å². The van der Waals surface area contributed by atoms with Crippen molar-refractivity contribution in [3.8, 4) is 11.3 Å². The summed E-state index contributed by atoms with van der Waals surface area (Å²) in [7, 11) is -10.4. The fourth-order valence-electron chi connectivity index (χ4n) is 2.65. The first-order valence-corrected chi connectivity index (χ1v) is 12.9. The number of anilines is 2. The molecule has 1 aromatic heterocycles. The molecule has 0 amide bonds. The van der Waals surface area contributed by atoms with Crippen LogP contribution in [0.25, 0.3) is 11.3 Å². The second kappa shape index (κ2) is 9.00. The summed E-state index contributed by atoms with van der Waals surface area (Å²) in [6.45, 7) is 11.6. The third-order valence-corrected chi connectivity index (χ3v) is 6.94. The molecule has 3 aromatic rings. The molecule has 0 saturated heterocycles. The van der Waals surface area contributed by atoms with Crippen molar-refractivity contribution in [1.82, 2.24) is 9.97 Å². The Morgan fingerprint density at radius 2 is 1.34 bits per heavy atom. The zero-order valence-corrected chi connectivity index (χ0v) is 19.2. The first-order valence-electron chi connectivity index (χ1n) is 9.47. The molecule has 0 fully saturated rings. The van der Waals surface area contributed by atoms with Crippen LogP contribution >= 0.6 is 18.1 Å². The smallest absolute Gasteiger partial charge is 0.310 e. The van der Waals surface area contributed by atoms with Crippen LogP contribution in [0.3, 0.4) is 0 Å². The maximum atomic E-state index is 12.9. The quantitative estimate of drug-likeness (QED) is 0.267. The van der Waals surface area contributed by atoms with Gasteiger partial charge in [-0.2, -0.15) is 0 Å². The van der Waals surface area contributed by atoms with Gasteiger partial charge in [0.1, 0.15) is 10.6 Å². The van der Waals surface area contributed by atoms with Crippen molar-refractivity contribution in [1.29, 1.82) is 0 Å². The number of rotatable bonds is 7. The molecule has 0 atom stereocenters. The topological polar surface area (TPSA) is 37.8 Å². The molecule has 0 radical (unpaired) electrons. The summed E-state index contributed by atoms with van der Waals surface area (Å²) in [5.41, 5.74) is 1.35. The fraction of sp³-hybridized carbons (Fsp3) is 0.0909. The van der Waals surface area contributed by atoms with Crippen LogP contribution in [0.1, 0.15) is 13.8 Å². The van der Waals surface area contributed by atoms with Crippen molar-refractivity contribution in [2.75, 3.05) is 5.32 Å². The van der Waals surface area contributed by atoms with E-state index in [2.05, 4.69) is 28.4 Å². The highest BCUT2D eigenvalue weighted by molar-refractivity contribution is 8.45. The average Bonchev–Trinajstić information content (AvgIpc) is 2.76. The Balaban J connectivity index is 0.00000176. The predicted molar refractivity (Wildman–Crippen MR) is 127 cm³/mol. The van der Waals surface area contributed by atoms with Crippen molar-refractivity contribution in [3.63, 3.8) is 0 Å². The van der Waals surface area contributed by atoms with E-state index in [1.165, 1.54) is 12.4 Å². The summed E-state index contributed by atoms with van der Waals surface area (Å²) in [5.74, 6) is 3.92. The molecule has 1 heterocycles. The van der Waals surface area contributed by atoms with Gasteiger partial charge in [0.15, 0.2) is 5.82 Å². The van der Waals surface area contributed by atoms with Crippen LogP contribution in [-0.4, -0.2) is 9.97 Å². The van der Waals surface area contributed by atoms with Crippen LogP contribution in [0.4, 0.5) is 30.9 Å². The normalized spacial score (nSPS) is 13.2. The predicted octanol–water partition coefficient (Wildman–Crippen LogP) is 8.96. The molecule has 1 N–H and O–H groups in total. The van der Waals surface area contributed by atoms with Crippen molar-refractivity contribution < 1.29 is 19.4 Å². The third-order valence-electron chi connectivity index (χ3n) is 4.09. The van der Waals surface area contributed by atoms with Crippen molar-refractivity contribution >= 4 is 35.0 Å². The number of aromatic nitrogens is 2. The van der Waals surface area contributed by atoms with Gasteiger partial charge in [-0.3, -0.25) is 4.98 Å². The van der Waals surface area contributed by atoms with Crippen molar-refractivity contribution in [2.24, 2.45) is 0 Å². The van der Waals surface area contributed by atoms with E-state index in [0.29, 0.717) is 17.8 Å². The molecule has 3 rings (SSSR count). The lowest BCUT2D eigenvalue weighted by Crippen LogP contribution is -2.06. The van der Waals surface area contributed by atoms with Gasteiger partial charge in [-0.25, -0.2) is 4.98 Å². The van der Waals surface area contributed by atoms with E-state index in [-0.39, 0.29) is 11.5 Å². The van der Waals surface area contributed by atoms with Gasteiger partial charge in [0.2, 0.25) is 0 Å². The highest BCUT2D eigenvalue weighted by Gasteiger charge is 2.65. The Labute approximate surface area is 185 Å². The summed E-state index contributed by atoms with van der Waals surface area (Å²) >= 11 is 0. The fourth-order valence-corrected chi connectivity index (χ4v) is 4.36. The van der Waals surface area contributed by atoms with Crippen LogP contribution in [0.2, 0.25) is 0 Å². The minimum Gasteiger partial charge on any atom is -0.338 e. The van der Waals surface area contributed by atoms with Crippen LogP contribution in [0.5, 0.6) is 0 Å². The van der Waals surface area contributed by atoms with E-state index in [1.807, 2.05) is 49.7 Å². The first kappa shape index (κ1) is 25.5. The zero-order chi connectivity index (χ0) is 24.1. The number of nitrogens with one attached hydrogen (secondary N) is 1. The van der Waals surface area contributed by atoms with E-state index in [9.17, 15) is 19.4 Å².